The topological polar surface area (TPSA) is 30.7 Å². The smallest absolute Gasteiger partial charge is 0.160 e. The van der Waals surface area contributed by atoms with E-state index in [2.05, 4.69) is 162 Å². The van der Waals surface area contributed by atoms with E-state index < -0.39 is 0 Å². The van der Waals surface area contributed by atoms with Gasteiger partial charge in [0.1, 0.15) is 0 Å². The predicted octanol–water partition coefficient (Wildman–Crippen LogP) is 12.0. The van der Waals surface area contributed by atoms with Crippen LogP contribution in [-0.2, 0) is 0 Å². The Morgan fingerprint density at radius 1 is 0.367 bits per heavy atom. The van der Waals surface area contributed by atoms with Crippen LogP contribution in [0.3, 0.4) is 0 Å². The molecule has 0 spiro atoms. The molecule has 0 amide bonds. The van der Waals surface area contributed by atoms with Crippen LogP contribution < -0.4 is 0 Å². The van der Waals surface area contributed by atoms with E-state index in [0.717, 1.165) is 39.2 Å². The van der Waals surface area contributed by atoms with Crippen LogP contribution >= 0.6 is 0 Å². The van der Waals surface area contributed by atoms with E-state index >= 15 is 0 Å². The average molecular weight is 622 g/mol. The summed E-state index contributed by atoms with van der Waals surface area (Å²) in [5.41, 5.74) is 12.4. The normalized spacial score (nSPS) is 12.1. The first-order valence-electron chi connectivity index (χ1n) is 16.8. The zero-order valence-electron chi connectivity index (χ0n) is 26.4. The molecular formula is C46H27N3. The van der Waals surface area contributed by atoms with Gasteiger partial charge in [0, 0.05) is 43.8 Å². The Hall–Kier alpha value is -6.58. The summed E-state index contributed by atoms with van der Waals surface area (Å²) in [6.45, 7) is 0. The first-order chi connectivity index (χ1) is 24.3. The molecule has 3 heterocycles. The second-order valence-corrected chi connectivity index (χ2v) is 12.9. The van der Waals surface area contributed by atoms with Crippen molar-refractivity contribution >= 4 is 54.3 Å². The summed E-state index contributed by atoms with van der Waals surface area (Å²) in [7, 11) is 0. The van der Waals surface area contributed by atoms with Crippen molar-refractivity contribution in [3.05, 3.63) is 164 Å². The number of rotatable bonds is 2. The highest BCUT2D eigenvalue weighted by Gasteiger charge is 2.27. The number of aromatic nitrogens is 3. The molecule has 0 aliphatic carbocycles. The van der Waals surface area contributed by atoms with Gasteiger partial charge in [0.2, 0.25) is 0 Å². The molecule has 10 aromatic rings. The van der Waals surface area contributed by atoms with Crippen LogP contribution in [0.1, 0.15) is 0 Å². The van der Waals surface area contributed by atoms with Gasteiger partial charge in [-0.25, -0.2) is 9.97 Å². The number of para-hydroxylation sites is 2. The van der Waals surface area contributed by atoms with Crippen LogP contribution in [0.4, 0.5) is 0 Å². The lowest BCUT2D eigenvalue weighted by atomic mass is 9.91. The van der Waals surface area contributed by atoms with Crippen molar-refractivity contribution < 1.29 is 0 Å². The van der Waals surface area contributed by atoms with Gasteiger partial charge in [0.15, 0.2) is 5.82 Å². The summed E-state index contributed by atoms with van der Waals surface area (Å²) < 4.78 is 2.53. The van der Waals surface area contributed by atoms with E-state index in [4.69, 9.17) is 9.97 Å². The molecule has 3 heteroatoms. The van der Waals surface area contributed by atoms with E-state index in [1.807, 2.05) is 6.07 Å². The van der Waals surface area contributed by atoms with E-state index in [1.165, 1.54) is 65.6 Å². The average Bonchev–Trinajstić information content (AvgIpc) is 3.47. The van der Waals surface area contributed by atoms with Gasteiger partial charge < -0.3 is 4.57 Å². The number of fused-ring (bicyclic) bond motifs is 14. The van der Waals surface area contributed by atoms with Crippen LogP contribution in [0.15, 0.2) is 164 Å². The predicted molar refractivity (Wildman–Crippen MR) is 204 cm³/mol. The standard InChI is InChI=1S/C46H27N3/c1-2-13-28(14-3-1)43-37-21-10-11-24-40(37)47-46(48-43)29-25-26-41-39(27-29)33-18-5-4-17-32(33)35-22-12-23-38-42-34-19-8-6-15-30(34)31-16-7-9-20-36(31)45(42)49(41)44(35)38/h1-27H. The quantitative estimate of drug-likeness (QED) is 0.180. The SMILES string of the molecule is c1ccc(-c2nc(-c3ccc4c(c3)-c3ccccc3-c3cccc5c6c7ccccc7c7ccccc7c6n-4c35)nc3ccccc23)cc1. The fourth-order valence-electron chi connectivity index (χ4n) is 8.24. The maximum Gasteiger partial charge on any atom is 0.160 e. The van der Waals surface area contributed by atoms with E-state index in [-0.39, 0.29) is 0 Å². The number of nitrogens with zero attached hydrogens (tertiary/aromatic N) is 3. The summed E-state index contributed by atoms with van der Waals surface area (Å²) in [5.74, 6) is 0.721. The van der Waals surface area contributed by atoms with Gasteiger partial charge in [-0.1, -0.05) is 140 Å². The third-order valence-electron chi connectivity index (χ3n) is 10.3. The van der Waals surface area contributed by atoms with E-state index in [1.54, 1.807) is 0 Å². The summed E-state index contributed by atoms with van der Waals surface area (Å²) in [5, 5.41) is 8.70. The van der Waals surface area contributed by atoms with Gasteiger partial charge >= 0.3 is 0 Å². The maximum atomic E-state index is 5.24. The first kappa shape index (κ1) is 26.5. The molecule has 0 radical (unpaired) electrons. The van der Waals surface area contributed by atoms with Crippen molar-refractivity contribution in [2.24, 2.45) is 0 Å². The summed E-state index contributed by atoms with van der Waals surface area (Å²) in [6, 6.07) is 58.9. The zero-order valence-corrected chi connectivity index (χ0v) is 26.4. The molecule has 1 aliphatic heterocycles. The van der Waals surface area contributed by atoms with Gasteiger partial charge in [0.25, 0.3) is 0 Å². The van der Waals surface area contributed by atoms with Crippen LogP contribution in [0.2, 0.25) is 0 Å². The minimum atomic E-state index is 0.721. The number of benzene rings is 8. The Kier molecular flexibility index (Phi) is 5.38. The maximum absolute atomic E-state index is 5.24. The lowest BCUT2D eigenvalue weighted by molar-refractivity contribution is 1.19. The molecule has 226 valence electrons. The van der Waals surface area contributed by atoms with Crippen LogP contribution in [0.5, 0.6) is 0 Å². The Morgan fingerprint density at radius 3 is 1.80 bits per heavy atom. The van der Waals surface area contributed by atoms with E-state index in [0.29, 0.717) is 0 Å². The summed E-state index contributed by atoms with van der Waals surface area (Å²) in [4.78, 5) is 10.4. The third-order valence-corrected chi connectivity index (χ3v) is 10.3. The highest BCUT2D eigenvalue weighted by atomic mass is 15.0. The molecule has 3 nitrogen and oxygen atoms in total. The summed E-state index contributed by atoms with van der Waals surface area (Å²) >= 11 is 0. The largest absolute Gasteiger partial charge is 0.307 e. The van der Waals surface area contributed by atoms with Gasteiger partial charge in [0.05, 0.1) is 27.9 Å². The minimum absolute atomic E-state index is 0.721. The molecule has 11 rings (SSSR count). The molecular weight excluding hydrogens is 595 g/mol. The van der Waals surface area contributed by atoms with Crippen molar-refractivity contribution in [1.29, 1.82) is 0 Å². The molecule has 0 saturated heterocycles. The number of hydrogen-bond donors (Lipinski definition) is 0. The molecule has 1 aliphatic rings. The lowest BCUT2D eigenvalue weighted by Crippen LogP contribution is -1.99. The van der Waals surface area contributed by atoms with Crippen molar-refractivity contribution in [2.45, 2.75) is 0 Å². The van der Waals surface area contributed by atoms with E-state index in [9.17, 15) is 0 Å². The molecule has 0 saturated carbocycles. The Labute approximate surface area is 282 Å². The molecule has 8 aromatic carbocycles. The molecule has 0 unspecified atom stereocenters. The number of hydrogen-bond acceptors (Lipinski definition) is 2. The molecule has 0 atom stereocenters. The second kappa shape index (κ2) is 9.96. The highest BCUT2D eigenvalue weighted by Crippen LogP contribution is 2.50. The molecule has 0 fully saturated rings. The van der Waals surface area contributed by atoms with Gasteiger partial charge in [-0.3, -0.25) is 0 Å². The Balaban J connectivity index is 1.28. The van der Waals surface area contributed by atoms with Gasteiger partial charge in [-0.15, -0.1) is 0 Å². The fraction of sp³-hybridized carbons (Fsp3) is 0. The van der Waals surface area contributed by atoms with Crippen LogP contribution in [-0.4, -0.2) is 14.5 Å². The highest BCUT2D eigenvalue weighted by molar-refractivity contribution is 6.33. The zero-order chi connectivity index (χ0) is 32.1. The monoisotopic (exact) mass is 621 g/mol. The molecule has 0 bridgehead atoms. The van der Waals surface area contributed by atoms with Gasteiger partial charge in [-0.05, 0) is 51.6 Å². The van der Waals surface area contributed by atoms with Crippen LogP contribution in [0.25, 0.3) is 105 Å². The van der Waals surface area contributed by atoms with Gasteiger partial charge in [-0.2, -0.15) is 0 Å². The van der Waals surface area contributed by atoms with Crippen molar-refractivity contribution in [1.82, 2.24) is 14.5 Å². The second-order valence-electron chi connectivity index (χ2n) is 12.9. The minimum Gasteiger partial charge on any atom is -0.307 e. The Bertz CT molecular complexity index is 2990. The third kappa shape index (κ3) is 3.67. The fourth-order valence-corrected chi connectivity index (χ4v) is 8.24. The van der Waals surface area contributed by atoms with Crippen molar-refractivity contribution in [2.75, 3.05) is 0 Å². The van der Waals surface area contributed by atoms with Crippen LogP contribution in [0, 0.1) is 0 Å². The molecule has 0 N–H and O–H groups in total. The lowest BCUT2D eigenvalue weighted by Gasteiger charge is -2.16. The summed E-state index contributed by atoms with van der Waals surface area (Å²) in [6.07, 6.45) is 0. The van der Waals surface area contributed by atoms with Crippen molar-refractivity contribution in [3.8, 4) is 50.6 Å². The first-order valence-corrected chi connectivity index (χ1v) is 16.8. The molecule has 2 aromatic heterocycles. The Morgan fingerprint density at radius 2 is 0.980 bits per heavy atom. The van der Waals surface area contributed by atoms with Crippen molar-refractivity contribution in [3.63, 3.8) is 0 Å². The molecule has 49 heavy (non-hydrogen) atoms.